The Bertz CT molecular complexity index is 340. The highest BCUT2D eigenvalue weighted by atomic mass is 32.1. The lowest BCUT2D eigenvalue weighted by molar-refractivity contribution is 0.0870. The van der Waals surface area contributed by atoms with Crippen LogP contribution in [-0.2, 0) is 11.3 Å². The highest BCUT2D eigenvalue weighted by molar-refractivity contribution is 7.09. The van der Waals surface area contributed by atoms with Gasteiger partial charge in [-0.2, -0.15) is 0 Å². The van der Waals surface area contributed by atoms with E-state index in [2.05, 4.69) is 0 Å². The number of likely N-dealkylation sites (tertiary alicyclic amines) is 1. The number of amides is 1. The molecule has 0 spiro atoms. The van der Waals surface area contributed by atoms with E-state index in [0.717, 1.165) is 24.3 Å². The third-order valence-corrected chi connectivity index (χ3v) is 3.48. The average molecular weight is 240 g/mol. The third-order valence-electron chi connectivity index (χ3n) is 2.63. The molecule has 1 unspecified atom stereocenters. The van der Waals surface area contributed by atoms with Crippen LogP contribution in [0.1, 0.15) is 17.7 Å². The van der Waals surface area contributed by atoms with Gasteiger partial charge >= 0.3 is 6.09 Å². The predicted molar refractivity (Wildman–Crippen MR) is 63.3 cm³/mol. The lowest BCUT2D eigenvalue weighted by Crippen LogP contribution is -2.45. The molecule has 4 nitrogen and oxygen atoms in total. The molecular weight excluding hydrogens is 224 g/mol. The first kappa shape index (κ1) is 11.4. The fourth-order valence-electron chi connectivity index (χ4n) is 1.79. The van der Waals surface area contributed by atoms with Crippen LogP contribution in [0.5, 0.6) is 0 Å². The molecule has 0 radical (unpaired) electrons. The topological polar surface area (TPSA) is 55.6 Å². The fraction of sp³-hybridized carbons (Fsp3) is 0.545. The molecule has 1 amide bonds. The van der Waals surface area contributed by atoms with Crippen molar-refractivity contribution in [2.24, 2.45) is 5.73 Å². The summed E-state index contributed by atoms with van der Waals surface area (Å²) in [5, 5.41) is 1.97. The number of hydrogen-bond donors (Lipinski definition) is 1. The second-order valence-corrected chi connectivity index (χ2v) is 5.01. The molecule has 0 aliphatic carbocycles. The molecule has 1 saturated heterocycles. The van der Waals surface area contributed by atoms with Crippen LogP contribution in [0, 0.1) is 0 Å². The van der Waals surface area contributed by atoms with E-state index >= 15 is 0 Å². The van der Waals surface area contributed by atoms with Gasteiger partial charge in [-0.1, -0.05) is 6.07 Å². The molecule has 2 rings (SSSR count). The number of rotatable bonds is 2. The van der Waals surface area contributed by atoms with Crippen LogP contribution in [0.2, 0.25) is 0 Å². The first-order valence-electron chi connectivity index (χ1n) is 5.45. The van der Waals surface area contributed by atoms with Crippen molar-refractivity contribution >= 4 is 17.4 Å². The first-order valence-corrected chi connectivity index (χ1v) is 6.33. The Morgan fingerprint density at radius 2 is 2.56 bits per heavy atom. The largest absolute Gasteiger partial charge is 0.444 e. The summed E-state index contributed by atoms with van der Waals surface area (Å²) in [7, 11) is 0. The second-order valence-electron chi connectivity index (χ2n) is 3.98. The number of nitrogens with two attached hydrogens (primary N) is 1. The Morgan fingerprint density at radius 3 is 3.25 bits per heavy atom. The maximum atomic E-state index is 11.7. The van der Waals surface area contributed by atoms with Crippen LogP contribution in [0.15, 0.2) is 17.5 Å². The van der Waals surface area contributed by atoms with E-state index in [0.29, 0.717) is 13.2 Å². The van der Waals surface area contributed by atoms with E-state index in [1.54, 1.807) is 16.2 Å². The summed E-state index contributed by atoms with van der Waals surface area (Å²) in [5.74, 6) is 0. The zero-order valence-corrected chi connectivity index (χ0v) is 9.91. The zero-order chi connectivity index (χ0) is 11.4. The maximum absolute atomic E-state index is 11.7. The number of nitrogens with zero attached hydrogens (tertiary/aromatic N) is 1. The van der Waals surface area contributed by atoms with Gasteiger partial charge in [0.15, 0.2) is 0 Å². The molecular formula is C11H16N2O2S. The summed E-state index contributed by atoms with van der Waals surface area (Å²) < 4.78 is 5.22. The van der Waals surface area contributed by atoms with Gasteiger partial charge in [0, 0.05) is 24.0 Å². The van der Waals surface area contributed by atoms with E-state index in [-0.39, 0.29) is 12.1 Å². The molecule has 88 valence electrons. The minimum absolute atomic E-state index is 0.100. The third kappa shape index (κ3) is 2.96. The van der Waals surface area contributed by atoms with E-state index < -0.39 is 0 Å². The van der Waals surface area contributed by atoms with Gasteiger partial charge in [-0.3, -0.25) is 0 Å². The zero-order valence-electron chi connectivity index (χ0n) is 9.09. The Hall–Kier alpha value is -1.07. The van der Waals surface area contributed by atoms with Crippen LogP contribution in [-0.4, -0.2) is 30.1 Å². The molecule has 2 N–H and O–H groups in total. The van der Waals surface area contributed by atoms with Crippen LogP contribution in [0.25, 0.3) is 0 Å². The molecule has 0 bridgehead atoms. The summed E-state index contributed by atoms with van der Waals surface area (Å²) in [6.07, 6.45) is 1.72. The van der Waals surface area contributed by atoms with Crippen LogP contribution in [0.3, 0.4) is 0 Å². The van der Waals surface area contributed by atoms with Crippen molar-refractivity contribution in [1.82, 2.24) is 4.90 Å². The van der Waals surface area contributed by atoms with Gasteiger partial charge in [0.1, 0.15) is 6.61 Å². The highest BCUT2D eigenvalue weighted by Crippen LogP contribution is 2.13. The minimum atomic E-state index is -0.247. The molecule has 0 aromatic carbocycles. The molecule has 1 aliphatic heterocycles. The molecule has 16 heavy (non-hydrogen) atoms. The number of piperidine rings is 1. The van der Waals surface area contributed by atoms with Gasteiger partial charge in [0.25, 0.3) is 0 Å². The Labute approximate surface area is 99.0 Å². The minimum Gasteiger partial charge on any atom is -0.444 e. The van der Waals surface area contributed by atoms with Crippen molar-refractivity contribution in [2.45, 2.75) is 25.5 Å². The van der Waals surface area contributed by atoms with Crippen molar-refractivity contribution in [2.75, 3.05) is 13.1 Å². The smallest absolute Gasteiger partial charge is 0.410 e. The SMILES string of the molecule is NC1CCCN(C(=O)OCc2cccs2)C1. The Morgan fingerprint density at radius 1 is 1.69 bits per heavy atom. The van der Waals surface area contributed by atoms with Gasteiger partial charge < -0.3 is 15.4 Å². The summed E-state index contributed by atoms with van der Waals surface area (Å²) in [5.41, 5.74) is 5.81. The number of hydrogen-bond acceptors (Lipinski definition) is 4. The summed E-state index contributed by atoms with van der Waals surface area (Å²) >= 11 is 1.59. The highest BCUT2D eigenvalue weighted by Gasteiger charge is 2.22. The number of ether oxygens (including phenoxy) is 1. The van der Waals surface area contributed by atoms with Crippen molar-refractivity contribution in [1.29, 1.82) is 0 Å². The van der Waals surface area contributed by atoms with Crippen molar-refractivity contribution in [3.8, 4) is 0 Å². The van der Waals surface area contributed by atoms with Crippen LogP contribution >= 0.6 is 11.3 Å². The average Bonchev–Trinajstić information content (AvgIpc) is 2.78. The van der Waals surface area contributed by atoms with Crippen LogP contribution in [0.4, 0.5) is 4.79 Å². The lowest BCUT2D eigenvalue weighted by atomic mass is 10.1. The molecule has 0 saturated carbocycles. The monoisotopic (exact) mass is 240 g/mol. The van der Waals surface area contributed by atoms with E-state index in [1.807, 2.05) is 17.5 Å². The van der Waals surface area contributed by atoms with Crippen molar-refractivity contribution < 1.29 is 9.53 Å². The Balaban J connectivity index is 1.79. The van der Waals surface area contributed by atoms with Gasteiger partial charge in [-0.15, -0.1) is 11.3 Å². The number of carbonyl (C=O) groups excluding carboxylic acids is 1. The van der Waals surface area contributed by atoms with E-state index in [4.69, 9.17) is 10.5 Å². The van der Waals surface area contributed by atoms with Crippen LogP contribution < -0.4 is 5.73 Å². The summed E-state index contributed by atoms with van der Waals surface area (Å²) in [6.45, 7) is 1.74. The summed E-state index contributed by atoms with van der Waals surface area (Å²) in [6, 6.07) is 4.01. The van der Waals surface area contributed by atoms with E-state index in [9.17, 15) is 4.79 Å². The quantitative estimate of drug-likeness (QED) is 0.857. The number of carbonyl (C=O) groups is 1. The Kier molecular flexibility index (Phi) is 3.79. The molecule has 5 heteroatoms. The van der Waals surface area contributed by atoms with Gasteiger partial charge in [-0.05, 0) is 24.3 Å². The lowest BCUT2D eigenvalue weighted by Gasteiger charge is -2.29. The fourth-order valence-corrected chi connectivity index (χ4v) is 2.41. The molecule has 2 heterocycles. The number of thiophene rings is 1. The van der Waals surface area contributed by atoms with Gasteiger partial charge in [-0.25, -0.2) is 4.79 Å². The molecule has 1 aliphatic rings. The molecule has 1 atom stereocenters. The first-order chi connectivity index (χ1) is 7.75. The summed E-state index contributed by atoms with van der Waals surface area (Å²) in [4.78, 5) is 14.5. The molecule has 1 aromatic heterocycles. The molecule has 1 aromatic rings. The second kappa shape index (κ2) is 5.32. The van der Waals surface area contributed by atoms with E-state index in [1.165, 1.54) is 0 Å². The standard InChI is InChI=1S/C11H16N2O2S/c12-9-3-1-5-13(7-9)11(14)15-8-10-4-2-6-16-10/h2,4,6,9H,1,3,5,7-8,12H2. The van der Waals surface area contributed by atoms with Crippen molar-refractivity contribution in [3.63, 3.8) is 0 Å². The van der Waals surface area contributed by atoms with Gasteiger partial charge in [0.2, 0.25) is 0 Å². The molecule has 1 fully saturated rings. The maximum Gasteiger partial charge on any atom is 0.410 e. The van der Waals surface area contributed by atoms with Gasteiger partial charge in [0.05, 0.1) is 0 Å². The normalized spacial score (nSPS) is 20.8. The predicted octanol–water partition coefficient (Wildman–Crippen LogP) is 1.81. The van der Waals surface area contributed by atoms with Crippen molar-refractivity contribution in [3.05, 3.63) is 22.4 Å².